The molecular formula is C42H66O20. The van der Waals surface area contributed by atoms with Gasteiger partial charge < -0.3 is 89.0 Å². The topological polar surface area (TPSA) is 310 Å². The average Bonchev–Trinajstić information content (AvgIpc) is 3.74. The number of aliphatic hydroxyl groups is 10. The molecule has 0 aromatic carbocycles. The summed E-state index contributed by atoms with van der Waals surface area (Å²) in [5, 5.41) is 103. The molecule has 2 saturated heterocycles. The van der Waals surface area contributed by atoms with Gasteiger partial charge in [0.25, 0.3) is 0 Å². The number of carbonyl (C=O) groups is 2. The lowest BCUT2D eigenvalue weighted by Gasteiger charge is -2.44. The summed E-state index contributed by atoms with van der Waals surface area (Å²) < 4.78 is 45.5. The number of carbonyl (C=O) groups excluding carboxylic acids is 2. The Labute approximate surface area is 359 Å². The molecule has 354 valence electrons. The molecule has 4 heterocycles. The van der Waals surface area contributed by atoms with Gasteiger partial charge in [-0.15, -0.1) is 0 Å². The zero-order chi connectivity index (χ0) is 45.3. The van der Waals surface area contributed by atoms with Crippen molar-refractivity contribution in [1.82, 2.24) is 0 Å². The minimum Gasteiger partial charge on any atom is -0.471 e. The Morgan fingerprint density at radius 2 is 1.08 bits per heavy atom. The summed E-state index contributed by atoms with van der Waals surface area (Å²) in [7, 11) is 0. The Morgan fingerprint density at radius 1 is 0.645 bits per heavy atom. The third-order valence-electron chi connectivity index (χ3n) is 13.7. The van der Waals surface area contributed by atoms with E-state index in [1.807, 2.05) is 13.8 Å². The van der Waals surface area contributed by atoms with E-state index in [0.29, 0.717) is 32.1 Å². The summed E-state index contributed by atoms with van der Waals surface area (Å²) in [5.74, 6) is -3.48. The van der Waals surface area contributed by atoms with Gasteiger partial charge in [-0.05, 0) is 64.2 Å². The van der Waals surface area contributed by atoms with Crippen molar-refractivity contribution in [2.24, 2.45) is 35.5 Å². The number of esters is 2. The second-order valence-electron chi connectivity index (χ2n) is 18.5. The first-order chi connectivity index (χ1) is 29.3. The highest BCUT2D eigenvalue weighted by Gasteiger charge is 2.58. The SMILES string of the molecule is C[C@H](CCC[C@H](C)COC(=O)C1=CO[C@@H](O[C@@H]2O[C@H](CO)[C@@H](O)[C@H](O)[C@H]2O)[C@H]2[C@@H]1CC[C@]2(C)O)CCOC(=O)C1=CO[C@@H](O[C@@H]2O[C@H](CO)[C@@H](O)[C@H](O)[C@H]2O)[C@H]2[C@@H]1CC[C@]2(C)O. The van der Waals surface area contributed by atoms with E-state index in [1.54, 1.807) is 13.8 Å². The van der Waals surface area contributed by atoms with Crippen LogP contribution in [0.15, 0.2) is 23.7 Å². The Balaban J connectivity index is 0.921. The summed E-state index contributed by atoms with van der Waals surface area (Å²) in [5.41, 5.74) is -2.17. The lowest BCUT2D eigenvalue weighted by atomic mass is 9.81. The van der Waals surface area contributed by atoms with Crippen molar-refractivity contribution in [3.8, 4) is 0 Å². The molecule has 0 radical (unpaired) electrons. The second kappa shape index (κ2) is 20.3. The fourth-order valence-corrected chi connectivity index (χ4v) is 9.78. The molecule has 0 bridgehead atoms. The molecule has 10 N–H and O–H groups in total. The largest absolute Gasteiger partial charge is 0.471 e. The smallest absolute Gasteiger partial charge is 0.337 e. The van der Waals surface area contributed by atoms with Gasteiger partial charge in [0.15, 0.2) is 12.6 Å². The van der Waals surface area contributed by atoms with E-state index in [2.05, 4.69) is 0 Å². The van der Waals surface area contributed by atoms with E-state index in [4.69, 9.17) is 37.9 Å². The monoisotopic (exact) mass is 890 g/mol. The quantitative estimate of drug-likeness (QED) is 0.0749. The summed E-state index contributed by atoms with van der Waals surface area (Å²) in [6.07, 6.45) is -10.6. The van der Waals surface area contributed by atoms with Gasteiger partial charge in [0.1, 0.15) is 48.8 Å². The van der Waals surface area contributed by atoms with Crippen LogP contribution in [0.2, 0.25) is 0 Å². The highest BCUT2D eigenvalue weighted by molar-refractivity contribution is 5.89. The molecule has 4 aliphatic heterocycles. The van der Waals surface area contributed by atoms with Gasteiger partial charge in [-0.1, -0.05) is 26.7 Å². The molecular weight excluding hydrogens is 824 g/mol. The molecule has 0 aromatic heterocycles. The molecule has 20 heteroatoms. The molecule has 2 saturated carbocycles. The molecule has 0 aromatic rings. The average molecular weight is 891 g/mol. The van der Waals surface area contributed by atoms with Gasteiger partial charge in [0, 0.05) is 11.8 Å². The molecule has 62 heavy (non-hydrogen) atoms. The van der Waals surface area contributed by atoms with Crippen LogP contribution >= 0.6 is 0 Å². The van der Waals surface area contributed by atoms with Gasteiger partial charge in [-0.3, -0.25) is 0 Å². The predicted octanol–water partition coefficient (Wildman–Crippen LogP) is -1.43. The second-order valence-corrected chi connectivity index (χ2v) is 18.5. The van der Waals surface area contributed by atoms with E-state index < -0.39 is 134 Å². The van der Waals surface area contributed by atoms with E-state index in [-0.39, 0.29) is 36.2 Å². The van der Waals surface area contributed by atoms with Crippen LogP contribution in [0.5, 0.6) is 0 Å². The van der Waals surface area contributed by atoms with Crippen molar-refractivity contribution in [3.63, 3.8) is 0 Å². The first-order valence-corrected chi connectivity index (χ1v) is 21.7. The number of rotatable bonds is 17. The highest BCUT2D eigenvalue weighted by atomic mass is 16.8. The van der Waals surface area contributed by atoms with E-state index in [9.17, 15) is 60.7 Å². The fourth-order valence-electron chi connectivity index (χ4n) is 9.78. The van der Waals surface area contributed by atoms with E-state index in [0.717, 1.165) is 19.3 Å². The number of fused-ring (bicyclic) bond motifs is 2. The van der Waals surface area contributed by atoms with Crippen LogP contribution in [0.1, 0.15) is 79.1 Å². The van der Waals surface area contributed by atoms with Gasteiger partial charge in [0.2, 0.25) is 12.6 Å². The third kappa shape index (κ3) is 10.4. The maximum Gasteiger partial charge on any atom is 0.337 e. The minimum atomic E-state index is -1.67. The maximum atomic E-state index is 13.3. The standard InChI is InChI=1S/C42H66O20/c1-19(10-13-55-35(51)23-17-57-37(27-21(23)8-11-41(27,3)53)61-39-33(49)31(47)29(45)25(14-43)59-39)6-5-7-20(2)16-56-36(52)24-18-58-38(28-22(24)9-12-42(28,4)54)62-40-34(50)32(48)30(46)26(15-44)60-40/h17-22,25-34,37-40,43-50,53-54H,5-16H2,1-4H3/t19-,20+,21-,22-,25-,26-,27-,28-,29-,30-,31+,32+,33-,34-,37+,38+,39+,40+,41+,42+/m1/s1. The Hall–Kier alpha value is -2.54. The van der Waals surface area contributed by atoms with Gasteiger partial charge >= 0.3 is 11.9 Å². The Bertz CT molecular complexity index is 1580. The number of hydrogen-bond donors (Lipinski definition) is 10. The van der Waals surface area contributed by atoms with Crippen molar-refractivity contribution in [1.29, 1.82) is 0 Å². The van der Waals surface area contributed by atoms with Crippen LogP contribution < -0.4 is 0 Å². The van der Waals surface area contributed by atoms with Crippen LogP contribution in [-0.4, -0.2) is 175 Å². The predicted molar refractivity (Wildman–Crippen MR) is 208 cm³/mol. The Kier molecular flexibility index (Phi) is 16.0. The van der Waals surface area contributed by atoms with Gasteiger partial charge in [0.05, 0.1) is 73.1 Å². The van der Waals surface area contributed by atoms with Gasteiger partial charge in [-0.25, -0.2) is 9.59 Å². The number of aliphatic hydroxyl groups excluding tert-OH is 8. The van der Waals surface area contributed by atoms with Crippen LogP contribution in [0.4, 0.5) is 0 Å². The van der Waals surface area contributed by atoms with Gasteiger partial charge in [-0.2, -0.15) is 0 Å². The van der Waals surface area contributed by atoms with Crippen LogP contribution in [-0.2, 0) is 47.5 Å². The zero-order valence-corrected chi connectivity index (χ0v) is 35.6. The maximum absolute atomic E-state index is 13.3. The third-order valence-corrected chi connectivity index (χ3v) is 13.7. The fraction of sp³-hybridized carbons (Fsp3) is 0.857. The van der Waals surface area contributed by atoms with Crippen molar-refractivity contribution >= 4 is 11.9 Å². The van der Waals surface area contributed by atoms with Crippen LogP contribution in [0, 0.1) is 35.5 Å². The molecule has 0 spiro atoms. The molecule has 0 amide bonds. The molecule has 0 unspecified atom stereocenters. The summed E-state index contributed by atoms with van der Waals surface area (Å²) in [4.78, 5) is 26.6. The highest BCUT2D eigenvalue weighted by Crippen LogP contribution is 2.51. The summed E-state index contributed by atoms with van der Waals surface area (Å²) >= 11 is 0. The van der Waals surface area contributed by atoms with Crippen LogP contribution in [0.3, 0.4) is 0 Å². The molecule has 4 fully saturated rings. The minimum absolute atomic E-state index is 0.0159. The van der Waals surface area contributed by atoms with Crippen molar-refractivity contribution in [2.75, 3.05) is 26.4 Å². The molecule has 6 rings (SSSR count). The number of hydrogen-bond acceptors (Lipinski definition) is 20. The molecule has 20 nitrogen and oxygen atoms in total. The van der Waals surface area contributed by atoms with Crippen molar-refractivity contribution in [2.45, 2.75) is 164 Å². The van der Waals surface area contributed by atoms with Crippen LogP contribution in [0.25, 0.3) is 0 Å². The molecule has 6 aliphatic rings. The summed E-state index contributed by atoms with van der Waals surface area (Å²) in [6.45, 7) is 6.20. The lowest BCUT2D eigenvalue weighted by molar-refractivity contribution is -0.346. The molecule has 2 aliphatic carbocycles. The molecule has 20 atom stereocenters. The normalized spacial score (nSPS) is 43.8. The van der Waals surface area contributed by atoms with Crippen molar-refractivity contribution < 1.29 is 98.5 Å². The summed E-state index contributed by atoms with van der Waals surface area (Å²) in [6, 6.07) is 0. The lowest BCUT2D eigenvalue weighted by Crippen LogP contribution is -2.60. The zero-order valence-electron chi connectivity index (χ0n) is 35.6. The van der Waals surface area contributed by atoms with Crippen molar-refractivity contribution in [3.05, 3.63) is 23.7 Å². The first kappa shape index (κ1) is 48.9. The van der Waals surface area contributed by atoms with E-state index >= 15 is 0 Å². The van der Waals surface area contributed by atoms with E-state index in [1.165, 1.54) is 12.5 Å². The number of ether oxygens (including phenoxy) is 8. The first-order valence-electron chi connectivity index (χ1n) is 21.7. The Morgan fingerprint density at radius 3 is 1.53 bits per heavy atom.